The number of pyridine rings is 1. The van der Waals surface area contributed by atoms with Gasteiger partial charge in [0.05, 0.1) is 0 Å². The second-order valence-electron chi connectivity index (χ2n) is 3.37. The zero-order valence-electron chi connectivity index (χ0n) is 7.91. The maximum atomic E-state index is 4.25. The Kier molecular flexibility index (Phi) is 1.93. The monoisotopic (exact) mass is 175 g/mol. The summed E-state index contributed by atoms with van der Waals surface area (Å²) in [5.41, 5.74) is 2.52. The predicted octanol–water partition coefficient (Wildman–Crippen LogP) is 1.41. The van der Waals surface area contributed by atoms with Crippen molar-refractivity contribution in [3.8, 4) is 0 Å². The number of nitrogens with one attached hydrogen (secondary N) is 1. The van der Waals surface area contributed by atoms with Crippen molar-refractivity contribution in [2.24, 2.45) is 0 Å². The molecule has 2 heterocycles. The van der Waals surface area contributed by atoms with Gasteiger partial charge in [-0.2, -0.15) is 0 Å². The molecule has 1 N–H and O–H groups in total. The van der Waals surface area contributed by atoms with E-state index in [4.69, 9.17) is 0 Å². The Labute approximate surface area is 78.1 Å². The summed E-state index contributed by atoms with van der Waals surface area (Å²) in [6, 6.07) is 4.06. The highest BCUT2D eigenvalue weighted by atomic mass is 15.1. The van der Waals surface area contributed by atoms with Crippen molar-refractivity contribution >= 4 is 11.4 Å². The average molecular weight is 175 g/mol. The molecule has 1 aromatic rings. The molecule has 0 unspecified atom stereocenters. The van der Waals surface area contributed by atoms with Crippen LogP contribution < -0.4 is 5.32 Å². The summed E-state index contributed by atoms with van der Waals surface area (Å²) in [5.74, 6) is 0.996. The molecule has 0 radical (unpaired) electrons. The van der Waals surface area contributed by atoms with Gasteiger partial charge in [0.15, 0.2) is 0 Å². The van der Waals surface area contributed by atoms with Gasteiger partial charge in [0, 0.05) is 38.6 Å². The third-order valence-corrected chi connectivity index (χ3v) is 2.01. The van der Waals surface area contributed by atoms with E-state index in [0.717, 1.165) is 12.4 Å². The van der Waals surface area contributed by atoms with Crippen LogP contribution in [0, 0.1) is 0 Å². The number of hydrogen-bond acceptors (Lipinski definition) is 3. The molecule has 0 atom stereocenters. The molecule has 0 fully saturated rings. The Bertz CT molecular complexity index is 342. The van der Waals surface area contributed by atoms with Gasteiger partial charge < -0.3 is 10.2 Å². The van der Waals surface area contributed by atoms with Crippen LogP contribution in [-0.2, 0) is 0 Å². The van der Waals surface area contributed by atoms with Crippen LogP contribution in [0.5, 0.6) is 0 Å². The molecule has 1 aromatic heterocycles. The van der Waals surface area contributed by atoms with Crippen LogP contribution in [-0.4, -0.2) is 30.5 Å². The van der Waals surface area contributed by atoms with Gasteiger partial charge in [-0.15, -0.1) is 0 Å². The quantitative estimate of drug-likeness (QED) is 0.699. The van der Waals surface area contributed by atoms with Gasteiger partial charge in [-0.25, -0.2) is 4.98 Å². The van der Waals surface area contributed by atoms with Crippen molar-refractivity contribution in [2.45, 2.75) is 0 Å². The molecule has 0 spiro atoms. The van der Waals surface area contributed by atoms with E-state index < -0.39 is 0 Å². The number of aromatic nitrogens is 1. The summed E-state index contributed by atoms with van der Waals surface area (Å²) < 4.78 is 0. The molecule has 3 heteroatoms. The maximum Gasteiger partial charge on any atom is 0.133 e. The van der Waals surface area contributed by atoms with Crippen molar-refractivity contribution in [1.29, 1.82) is 0 Å². The van der Waals surface area contributed by atoms with Crippen LogP contribution in [0.15, 0.2) is 24.5 Å². The van der Waals surface area contributed by atoms with E-state index in [1.54, 1.807) is 0 Å². The van der Waals surface area contributed by atoms with Crippen LogP contribution in [0.4, 0.5) is 5.82 Å². The molecule has 0 bridgehead atoms. The Morgan fingerprint density at radius 1 is 1.54 bits per heavy atom. The van der Waals surface area contributed by atoms with Gasteiger partial charge in [0.2, 0.25) is 0 Å². The van der Waals surface area contributed by atoms with E-state index >= 15 is 0 Å². The predicted molar refractivity (Wildman–Crippen MR) is 54.4 cm³/mol. The summed E-state index contributed by atoms with van der Waals surface area (Å²) in [6.07, 6.45) is 3.94. The SMILES string of the molecule is CN(C)C=C1CNc2ncccc21. The van der Waals surface area contributed by atoms with Gasteiger partial charge in [0.25, 0.3) is 0 Å². The molecule has 68 valence electrons. The van der Waals surface area contributed by atoms with Crippen molar-refractivity contribution in [3.63, 3.8) is 0 Å². The Morgan fingerprint density at radius 2 is 2.38 bits per heavy atom. The molecule has 0 amide bonds. The molecule has 0 saturated carbocycles. The minimum absolute atomic E-state index is 0.879. The second kappa shape index (κ2) is 3.09. The van der Waals surface area contributed by atoms with E-state index in [1.807, 2.05) is 26.4 Å². The molecule has 1 aliphatic rings. The molecular formula is C10H13N3. The summed E-state index contributed by atoms with van der Waals surface area (Å²) in [6.45, 7) is 0.879. The van der Waals surface area contributed by atoms with E-state index in [-0.39, 0.29) is 0 Å². The Morgan fingerprint density at radius 3 is 3.15 bits per heavy atom. The van der Waals surface area contributed by atoms with Crippen LogP contribution in [0.1, 0.15) is 5.56 Å². The zero-order valence-corrected chi connectivity index (χ0v) is 7.91. The molecule has 0 aromatic carbocycles. The molecule has 0 aliphatic carbocycles. The highest BCUT2D eigenvalue weighted by molar-refractivity contribution is 5.81. The minimum Gasteiger partial charge on any atom is -0.383 e. The lowest BCUT2D eigenvalue weighted by molar-refractivity contribution is 0.565. The first-order valence-electron chi connectivity index (χ1n) is 4.34. The fraction of sp³-hybridized carbons (Fsp3) is 0.300. The van der Waals surface area contributed by atoms with E-state index in [2.05, 4.69) is 27.5 Å². The summed E-state index contributed by atoms with van der Waals surface area (Å²) in [4.78, 5) is 6.30. The third-order valence-electron chi connectivity index (χ3n) is 2.01. The topological polar surface area (TPSA) is 28.2 Å². The zero-order chi connectivity index (χ0) is 9.26. The van der Waals surface area contributed by atoms with Crippen molar-refractivity contribution in [2.75, 3.05) is 26.0 Å². The first kappa shape index (κ1) is 8.10. The first-order valence-corrected chi connectivity index (χ1v) is 4.34. The number of nitrogens with zero attached hydrogens (tertiary/aromatic N) is 2. The lowest BCUT2D eigenvalue weighted by Gasteiger charge is -2.06. The van der Waals surface area contributed by atoms with Gasteiger partial charge in [0.1, 0.15) is 5.82 Å². The molecule has 2 rings (SSSR count). The number of anilines is 1. The maximum absolute atomic E-state index is 4.25. The molecule has 3 nitrogen and oxygen atoms in total. The number of rotatable bonds is 1. The molecular weight excluding hydrogens is 162 g/mol. The number of hydrogen-bond donors (Lipinski definition) is 1. The van der Waals surface area contributed by atoms with Crippen molar-refractivity contribution in [3.05, 3.63) is 30.1 Å². The van der Waals surface area contributed by atoms with Gasteiger partial charge in [-0.3, -0.25) is 0 Å². The number of fused-ring (bicyclic) bond motifs is 1. The van der Waals surface area contributed by atoms with Gasteiger partial charge in [-0.05, 0) is 17.7 Å². The van der Waals surface area contributed by atoms with Crippen LogP contribution in [0.3, 0.4) is 0 Å². The molecule has 0 saturated heterocycles. The van der Waals surface area contributed by atoms with Crippen LogP contribution in [0.25, 0.3) is 5.57 Å². The van der Waals surface area contributed by atoms with E-state index in [0.29, 0.717) is 0 Å². The molecule has 13 heavy (non-hydrogen) atoms. The standard InChI is InChI=1S/C10H13N3/c1-13(2)7-8-6-12-10-9(8)4-3-5-11-10/h3-5,7H,6H2,1-2H3,(H,11,12). The van der Waals surface area contributed by atoms with Crippen LogP contribution in [0.2, 0.25) is 0 Å². The Hall–Kier alpha value is -1.51. The average Bonchev–Trinajstić information content (AvgIpc) is 2.48. The largest absolute Gasteiger partial charge is 0.383 e. The first-order chi connectivity index (χ1) is 6.27. The van der Waals surface area contributed by atoms with E-state index in [9.17, 15) is 0 Å². The Balaban J connectivity index is 2.38. The van der Waals surface area contributed by atoms with Crippen molar-refractivity contribution in [1.82, 2.24) is 9.88 Å². The minimum atomic E-state index is 0.879. The summed E-state index contributed by atoms with van der Waals surface area (Å²) in [7, 11) is 4.06. The molecule has 1 aliphatic heterocycles. The lowest BCUT2D eigenvalue weighted by atomic mass is 10.1. The lowest BCUT2D eigenvalue weighted by Crippen LogP contribution is -2.03. The second-order valence-corrected chi connectivity index (χ2v) is 3.37. The van der Waals surface area contributed by atoms with E-state index in [1.165, 1.54) is 11.1 Å². The highest BCUT2D eigenvalue weighted by Gasteiger charge is 2.15. The van der Waals surface area contributed by atoms with Gasteiger partial charge >= 0.3 is 0 Å². The highest BCUT2D eigenvalue weighted by Crippen LogP contribution is 2.27. The summed E-state index contributed by atoms with van der Waals surface area (Å²) >= 11 is 0. The summed E-state index contributed by atoms with van der Waals surface area (Å²) in [5, 5.41) is 3.25. The fourth-order valence-corrected chi connectivity index (χ4v) is 1.51. The van der Waals surface area contributed by atoms with Gasteiger partial charge in [-0.1, -0.05) is 0 Å². The van der Waals surface area contributed by atoms with Crippen LogP contribution >= 0.6 is 0 Å². The smallest absolute Gasteiger partial charge is 0.133 e. The van der Waals surface area contributed by atoms with Crippen molar-refractivity contribution < 1.29 is 0 Å². The third kappa shape index (κ3) is 1.49. The normalized spacial score (nSPS) is 16.9. The fourth-order valence-electron chi connectivity index (χ4n) is 1.51.